The van der Waals surface area contributed by atoms with Crippen LogP contribution in [0.3, 0.4) is 0 Å². The molecule has 1 aliphatic heterocycles. The topological polar surface area (TPSA) is 58.7 Å². The van der Waals surface area contributed by atoms with Crippen molar-refractivity contribution in [3.8, 4) is 5.75 Å². The molecule has 0 saturated carbocycles. The lowest BCUT2D eigenvalue weighted by molar-refractivity contribution is -0.00199. The van der Waals surface area contributed by atoms with Crippen LogP contribution in [0.15, 0.2) is 18.2 Å². The average molecular weight is 282 g/mol. The van der Waals surface area contributed by atoms with Crippen LogP contribution in [-0.2, 0) is 4.74 Å². The van der Waals surface area contributed by atoms with E-state index in [1.54, 1.807) is 7.11 Å². The number of rotatable bonds is 4. The number of hydrogen-bond acceptors (Lipinski definition) is 4. The highest BCUT2D eigenvalue weighted by Crippen LogP contribution is 2.33. The lowest BCUT2D eigenvalue weighted by atomic mass is 9.95. The van der Waals surface area contributed by atoms with E-state index in [1.165, 1.54) is 18.2 Å². The first-order valence-electron chi connectivity index (χ1n) is 7.03. The summed E-state index contributed by atoms with van der Waals surface area (Å²) in [5.41, 5.74) is 6.47. The van der Waals surface area contributed by atoms with E-state index in [0.717, 1.165) is 19.4 Å². The molecule has 3 N–H and O–H groups in total. The molecule has 20 heavy (non-hydrogen) atoms. The van der Waals surface area contributed by atoms with Gasteiger partial charge in [0.15, 0.2) is 0 Å². The lowest BCUT2D eigenvalue weighted by Crippen LogP contribution is -2.49. The summed E-state index contributed by atoms with van der Waals surface area (Å²) in [4.78, 5) is 2.23. The zero-order chi connectivity index (χ0) is 14.7. The van der Waals surface area contributed by atoms with E-state index < -0.39 is 0 Å². The Morgan fingerprint density at radius 1 is 1.55 bits per heavy atom. The van der Waals surface area contributed by atoms with Crippen molar-refractivity contribution in [2.45, 2.75) is 38.0 Å². The smallest absolute Gasteiger partial charge is 0.123 e. The van der Waals surface area contributed by atoms with Gasteiger partial charge in [-0.1, -0.05) is 0 Å². The Labute approximate surface area is 119 Å². The highest BCUT2D eigenvalue weighted by Gasteiger charge is 2.32. The third-order valence-electron chi connectivity index (χ3n) is 4.26. The van der Waals surface area contributed by atoms with Crippen LogP contribution in [0, 0.1) is 5.82 Å². The Kier molecular flexibility index (Phi) is 4.96. The molecule has 1 heterocycles. The fourth-order valence-corrected chi connectivity index (χ4v) is 3.03. The minimum absolute atomic E-state index is 0.0722. The fraction of sp³-hybridized carbons (Fsp3) is 0.600. The molecule has 4 nitrogen and oxygen atoms in total. The molecule has 5 heteroatoms. The van der Waals surface area contributed by atoms with Crippen molar-refractivity contribution in [2.24, 2.45) is 5.73 Å². The second-order valence-corrected chi connectivity index (χ2v) is 5.39. The van der Waals surface area contributed by atoms with Crippen molar-refractivity contribution >= 4 is 0 Å². The summed E-state index contributed by atoms with van der Waals surface area (Å²) in [6.45, 7) is 3.34. The summed E-state index contributed by atoms with van der Waals surface area (Å²) < 4.78 is 18.8. The van der Waals surface area contributed by atoms with Crippen LogP contribution in [-0.4, -0.2) is 42.4 Å². The average Bonchev–Trinajstić information content (AvgIpc) is 2.48. The molecule has 1 aromatic carbocycles. The van der Waals surface area contributed by atoms with Crippen LogP contribution >= 0.6 is 0 Å². The van der Waals surface area contributed by atoms with Crippen LogP contribution in [0.1, 0.15) is 31.4 Å². The van der Waals surface area contributed by atoms with Gasteiger partial charge in [0.05, 0.1) is 6.10 Å². The van der Waals surface area contributed by atoms with Crippen molar-refractivity contribution < 1.29 is 14.2 Å². The summed E-state index contributed by atoms with van der Waals surface area (Å²) in [5, 5.41) is 9.94. The summed E-state index contributed by atoms with van der Waals surface area (Å²) in [6, 6.07) is 4.18. The normalized spacial score (nSPS) is 25.6. The number of ether oxygens (including phenoxy) is 1. The molecule has 1 saturated heterocycles. The first-order chi connectivity index (χ1) is 9.56. The van der Waals surface area contributed by atoms with Gasteiger partial charge in [-0.05, 0) is 38.0 Å². The number of methoxy groups -OCH3 is 1. The van der Waals surface area contributed by atoms with Crippen molar-refractivity contribution in [1.82, 2.24) is 4.90 Å². The monoisotopic (exact) mass is 282 g/mol. The number of benzene rings is 1. The largest absolute Gasteiger partial charge is 0.508 e. The maximum absolute atomic E-state index is 13.4. The van der Waals surface area contributed by atoms with Gasteiger partial charge in [0.1, 0.15) is 11.6 Å². The first-order valence-corrected chi connectivity index (χ1v) is 7.03. The molecule has 0 amide bonds. The maximum Gasteiger partial charge on any atom is 0.123 e. The van der Waals surface area contributed by atoms with Gasteiger partial charge >= 0.3 is 0 Å². The standard InChI is InChI=1S/C15H23FN2O2/c1-10(14-7-11(16)3-4-15(14)19)18-6-5-13(20-2)8-12(18)9-17/h3-4,7,10,12-13,19H,5-6,8-9,17H2,1-2H3. The molecule has 0 radical (unpaired) electrons. The number of piperidine rings is 1. The van der Waals surface area contributed by atoms with Gasteiger partial charge in [-0.3, -0.25) is 4.90 Å². The molecule has 1 aromatic rings. The number of aromatic hydroxyl groups is 1. The molecule has 1 fully saturated rings. The highest BCUT2D eigenvalue weighted by atomic mass is 19.1. The van der Waals surface area contributed by atoms with Crippen molar-refractivity contribution in [3.05, 3.63) is 29.6 Å². The van der Waals surface area contributed by atoms with E-state index in [-0.39, 0.29) is 29.8 Å². The van der Waals surface area contributed by atoms with E-state index in [9.17, 15) is 9.50 Å². The molecule has 0 spiro atoms. The van der Waals surface area contributed by atoms with Crippen molar-refractivity contribution in [1.29, 1.82) is 0 Å². The molecule has 0 aromatic heterocycles. The zero-order valence-electron chi connectivity index (χ0n) is 12.1. The Balaban J connectivity index is 2.19. The molecule has 112 valence electrons. The number of nitrogens with two attached hydrogens (primary N) is 1. The van der Waals surface area contributed by atoms with Gasteiger partial charge in [-0.15, -0.1) is 0 Å². The van der Waals surface area contributed by atoms with Crippen LogP contribution in [0.25, 0.3) is 0 Å². The number of phenols is 1. The molecule has 0 aliphatic carbocycles. The van der Waals surface area contributed by atoms with Crippen molar-refractivity contribution in [2.75, 3.05) is 20.2 Å². The highest BCUT2D eigenvalue weighted by molar-refractivity contribution is 5.35. The Morgan fingerprint density at radius 3 is 2.95 bits per heavy atom. The second kappa shape index (κ2) is 6.52. The van der Waals surface area contributed by atoms with Crippen LogP contribution in [0.4, 0.5) is 4.39 Å². The molecule has 3 atom stereocenters. The second-order valence-electron chi connectivity index (χ2n) is 5.39. The van der Waals surface area contributed by atoms with E-state index >= 15 is 0 Å². The van der Waals surface area contributed by atoms with E-state index in [0.29, 0.717) is 12.1 Å². The molecule has 0 bridgehead atoms. The minimum atomic E-state index is -0.333. The lowest BCUT2D eigenvalue weighted by Gasteiger charge is -2.42. The van der Waals surface area contributed by atoms with Gasteiger partial charge < -0.3 is 15.6 Å². The molecule has 3 unspecified atom stereocenters. The van der Waals surface area contributed by atoms with Gasteiger partial charge in [0.2, 0.25) is 0 Å². The predicted molar refractivity (Wildman–Crippen MR) is 76.1 cm³/mol. The number of hydrogen-bond donors (Lipinski definition) is 2. The van der Waals surface area contributed by atoms with Crippen LogP contribution in [0.5, 0.6) is 5.75 Å². The number of nitrogens with zero attached hydrogens (tertiary/aromatic N) is 1. The van der Waals surface area contributed by atoms with Gasteiger partial charge in [0, 0.05) is 37.8 Å². The van der Waals surface area contributed by atoms with Gasteiger partial charge in [0.25, 0.3) is 0 Å². The molecule has 1 aliphatic rings. The Bertz CT molecular complexity index is 455. The Hall–Kier alpha value is -1.17. The zero-order valence-corrected chi connectivity index (χ0v) is 12.1. The number of likely N-dealkylation sites (tertiary alicyclic amines) is 1. The molecule has 2 rings (SSSR count). The number of phenolic OH excluding ortho intramolecular Hbond substituents is 1. The van der Waals surface area contributed by atoms with E-state index in [4.69, 9.17) is 10.5 Å². The minimum Gasteiger partial charge on any atom is -0.508 e. The van der Waals surface area contributed by atoms with Gasteiger partial charge in [-0.25, -0.2) is 4.39 Å². The van der Waals surface area contributed by atoms with E-state index in [2.05, 4.69) is 4.90 Å². The van der Waals surface area contributed by atoms with Gasteiger partial charge in [-0.2, -0.15) is 0 Å². The summed E-state index contributed by atoms with van der Waals surface area (Å²) in [7, 11) is 1.72. The maximum atomic E-state index is 13.4. The first kappa shape index (κ1) is 15.2. The quantitative estimate of drug-likeness (QED) is 0.887. The van der Waals surface area contributed by atoms with Crippen LogP contribution in [0.2, 0.25) is 0 Å². The van der Waals surface area contributed by atoms with E-state index in [1.807, 2.05) is 6.92 Å². The third kappa shape index (κ3) is 3.11. The summed E-state index contributed by atoms with van der Waals surface area (Å²) in [5.74, 6) is -0.204. The third-order valence-corrected chi connectivity index (χ3v) is 4.26. The summed E-state index contributed by atoms with van der Waals surface area (Å²) >= 11 is 0. The van der Waals surface area contributed by atoms with Crippen LogP contribution < -0.4 is 5.73 Å². The summed E-state index contributed by atoms with van der Waals surface area (Å²) in [6.07, 6.45) is 2.02. The molecular formula is C15H23FN2O2. The molecular weight excluding hydrogens is 259 g/mol. The number of halogens is 1. The van der Waals surface area contributed by atoms with Crippen molar-refractivity contribution in [3.63, 3.8) is 0 Å². The SMILES string of the molecule is COC1CCN(C(C)c2cc(F)ccc2O)C(CN)C1. The fourth-order valence-electron chi connectivity index (χ4n) is 3.03. The Morgan fingerprint density at radius 2 is 2.30 bits per heavy atom. The predicted octanol–water partition coefficient (Wildman–Crippen LogP) is 2.03.